The molecule has 2 rings (SSSR count). The van der Waals surface area contributed by atoms with Gasteiger partial charge in [0.25, 0.3) is 0 Å². The lowest BCUT2D eigenvalue weighted by atomic mass is 9.87. The summed E-state index contributed by atoms with van der Waals surface area (Å²) >= 11 is 0. The van der Waals surface area contributed by atoms with Gasteiger partial charge in [-0.05, 0) is 18.8 Å². The van der Waals surface area contributed by atoms with Crippen LogP contribution in [0, 0.1) is 11.8 Å². The molecule has 1 N–H and O–H groups in total. The molecule has 2 heterocycles. The minimum absolute atomic E-state index is 0.0359. The van der Waals surface area contributed by atoms with Crippen LogP contribution in [-0.4, -0.2) is 28.4 Å². The molecule has 0 saturated carbocycles. The van der Waals surface area contributed by atoms with E-state index in [4.69, 9.17) is 4.74 Å². The van der Waals surface area contributed by atoms with Gasteiger partial charge in [-0.15, -0.1) is 0 Å². The number of halogens is 3. The topological polar surface area (TPSA) is 56.1 Å². The number of nitrogens with one attached hydrogen (secondary N) is 1. The van der Waals surface area contributed by atoms with Crippen molar-refractivity contribution in [1.29, 1.82) is 0 Å². The summed E-state index contributed by atoms with van der Waals surface area (Å²) in [6.45, 7) is 4.37. The van der Waals surface area contributed by atoms with E-state index < -0.39 is 11.9 Å². The molecule has 0 radical (unpaired) electrons. The maximum atomic E-state index is 12.9. The number of rotatable bonds is 4. The Kier molecular flexibility index (Phi) is 5.33. The normalized spacial score (nSPS) is 22.4. The lowest BCUT2D eigenvalue weighted by molar-refractivity contribution is -0.143. The standard InChI is InChI=1S/C15H22F3N3O2/c1-9(2)12-11(5-4-6-23-12)14(22)19-7-10-8-21(3)20-13(10)15(16,17)18/h8-9,11-12H,4-7H2,1-3H3,(H,19,22)/t11-,12-/m1/s1. The Balaban J connectivity index is 2.04. The number of carbonyl (C=O) groups is 1. The highest BCUT2D eigenvalue weighted by molar-refractivity contribution is 5.79. The summed E-state index contributed by atoms with van der Waals surface area (Å²) in [4.78, 5) is 12.4. The molecule has 1 aromatic rings. The Morgan fingerprint density at radius 1 is 1.52 bits per heavy atom. The minimum atomic E-state index is -4.53. The van der Waals surface area contributed by atoms with Crippen LogP contribution >= 0.6 is 0 Å². The first-order chi connectivity index (χ1) is 10.7. The molecule has 23 heavy (non-hydrogen) atoms. The van der Waals surface area contributed by atoms with Crippen molar-refractivity contribution in [3.05, 3.63) is 17.5 Å². The summed E-state index contributed by atoms with van der Waals surface area (Å²) in [6, 6.07) is 0. The predicted octanol–water partition coefficient (Wildman–Crippen LogP) is 2.51. The zero-order valence-corrected chi connectivity index (χ0v) is 13.5. The van der Waals surface area contributed by atoms with Crippen LogP contribution in [0.15, 0.2) is 6.20 Å². The van der Waals surface area contributed by atoms with Gasteiger partial charge < -0.3 is 10.1 Å². The summed E-state index contributed by atoms with van der Waals surface area (Å²) < 4.78 is 45.5. The van der Waals surface area contributed by atoms with E-state index in [1.165, 1.54) is 13.2 Å². The molecule has 2 atom stereocenters. The lowest BCUT2D eigenvalue weighted by Crippen LogP contribution is -2.43. The van der Waals surface area contributed by atoms with Gasteiger partial charge in [-0.3, -0.25) is 9.48 Å². The van der Waals surface area contributed by atoms with Gasteiger partial charge in [-0.2, -0.15) is 18.3 Å². The lowest BCUT2D eigenvalue weighted by Gasteiger charge is -2.33. The molecular formula is C15H22F3N3O2. The number of nitrogens with zero attached hydrogens (tertiary/aromatic N) is 2. The number of alkyl halides is 3. The van der Waals surface area contributed by atoms with Crippen LogP contribution in [0.3, 0.4) is 0 Å². The van der Waals surface area contributed by atoms with E-state index in [1.807, 2.05) is 13.8 Å². The second-order valence-corrected chi connectivity index (χ2v) is 6.22. The van der Waals surface area contributed by atoms with Crippen LogP contribution in [0.5, 0.6) is 0 Å². The van der Waals surface area contributed by atoms with E-state index in [9.17, 15) is 18.0 Å². The fourth-order valence-corrected chi connectivity index (χ4v) is 2.96. The summed E-state index contributed by atoms with van der Waals surface area (Å²) in [5, 5.41) is 6.04. The van der Waals surface area contributed by atoms with Crippen LogP contribution in [-0.2, 0) is 29.3 Å². The second-order valence-electron chi connectivity index (χ2n) is 6.22. The summed E-state index contributed by atoms with van der Waals surface area (Å²) in [6.07, 6.45) is -1.98. The van der Waals surface area contributed by atoms with Crippen molar-refractivity contribution < 1.29 is 22.7 Å². The zero-order valence-electron chi connectivity index (χ0n) is 13.5. The van der Waals surface area contributed by atoms with Crippen LogP contribution in [0.1, 0.15) is 37.9 Å². The van der Waals surface area contributed by atoms with E-state index in [1.54, 1.807) is 0 Å². The molecule has 0 bridgehead atoms. The fraction of sp³-hybridized carbons (Fsp3) is 0.733. The molecule has 5 nitrogen and oxygen atoms in total. The van der Waals surface area contributed by atoms with Crippen molar-refractivity contribution >= 4 is 5.91 Å². The number of hydrogen-bond donors (Lipinski definition) is 1. The highest BCUT2D eigenvalue weighted by Crippen LogP contribution is 2.31. The van der Waals surface area contributed by atoms with Gasteiger partial charge in [0.1, 0.15) is 0 Å². The molecular weight excluding hydrogens is 311 g/mol. The largest absolute Gasteiger partial charge is 0.435 e. The van der Waals surface area contributed by atoms with Gasteiger partial charge in [-0.25, -0.2) is 0 Å². The zero-order chi connectivity index (χ0) is 17.2. The third kappa shape index (κ3) is 4.25. The van der Waals surface area contributed by atoms with Crippen LogP contribution in [0.2, 0.25) is 0 Å². The first-order valence-electron chi connectivity index (χ1n) is 7.69. The van der Waals surface area contributed by atoms with Gasteiger partial charge in [-0.1, -0.05) is 13.8 Å². The highest BCUT2D eigenvalue weighted by Gasteiger charge is 2.38. The number of amides is 1. The predicted molar refractivity (Wildman–Crippen MR) is 77.4 cm³/mol. The van der Waals surface area contributed by atoms with Gasteiger partial charge in [0.2, 0.25) is 5.91 Å². The van der Waals surface area contributed by atoms with E-state index in [0.29, 0.717) is 13.0 Å². The quantitative estimate of drug-likeness (QED) is 0.921. The molecule has 1 fully saturated rings. The maximum Gasteiger partial charge on any atom is 0.435 e. The van der Waals surface area contributed by atoms with Crippen molar-refractivity contribution in [3.8, 4) is 0 Å². The second kappa shape index (κ2) is 6.90. The highest BCUT2D eigenvalue weighted by atomic mass is 19.4. The van der Waals surface area contributed by atoms with E-state index in [2.05, 4.69) is 10.4 Å². The van der Waals surface area contributed by atoms with Gasteiger partial charge in [0.15, 0.2) is 5.69 Å². The smallest absolute Gasteiger partial charge is 0.377 e. The third-order valence-corrected chi connectivity index (χ3v) is 3.99. The average molecular weight is 333 g/mol. The fourth-order valence-electron chi connectivity index (χ4n) is 2.96. The first kappa shape index (κ1) is 17.8. The van der Waals surface area contributed by atoms with E-state index in [-0.39, 0.29) is 36.0 Å². The molecule has 0 unspecified atom stereocenters. The monoisotopic (exact) mass is 333 g/mol. The van der Waals surface area contributed by atoms with Crippen LogP contribution in [0.4, 0.5) is 13.2 Å². The summed E-state index contributed by atoms with van der Waals surface area (Å²) in [5.41, 5.74) is -0.994. The first-order valence-corrected chi connectivity index (χ1v) is 7.69. The molecule has 0 aliphatic carbocycles. The summed E-state index contributed by atoms with van der Waals surface area (Å²) in [7, 11) is 1.42. The molecule has 130 valence electrons. The molecule has 8 heteroatoms. The Labute approximate surface area is 133 Å². The number of aromatic nitrogens is 2. The molecule has 1 aromatic heterocycles. The molecule has 1 saturated heterocycles. The maximum absolute atomic E-state index is 12.9. The van der Waals surface area contributed by atoms with Crippen molar-refractivity contribution in [2.45, 2.75) is 45.5 Å². The van der Waals surface area contributed by atoms with Crippen molar-refractivity contribution in [1.82, 2.24) is 15.1 Å². The third-order valence-electron chi connectivity index (χ3n) is 3.99. The molecule has 1 aliphatic rings. The molecule has 0 aromatic carbocycles. The SMILES string of the molecule is CC(C)[C@H]1OCCC[C@H]1C(=O)NCc1cn(C)nc1C(F)(F)F. The number of carbonyl (C=O) groups excluding carboxylic acids is 1. The molecule has 1 aliphatic heterocycles. The number of ether oxygens (including phenoxy) is 1. The Hall–Kier alpha value is -1.57. The summed E-state index contributed by atoms with van der Waals surface area (Å²) in [5.74, 6) is -0.412. The van der Waals surface area contributed by atoms with E-state index in [0.717, 1.165) is 11.1 Å². The Morgan fingerprint density at radius 3 is 2.83 bits per heavy atom. The number of aryl methyl sites for hydroxylation is 1. The van der Waals surface area contributed by atoms with Crippen LogP contribution < -0.4 is 5.32 Å². The van der Waals surface area contributed by atoms with E-state index >= 15 is 0 Å². The van der Waals surface area contributed by atoms with Crippen molar-refractivity contribution in [3.63, 3.8) is 0 Å². The molecule has 0 spiro atoms. The Bertz CT molecular complexity index is 555. The van der Waals surface area contributed by atoms with Crippen LogP contribution in [0.25, 0.3) is 0 Å². The molecule has 1 amide bonds. The minimum Gasteiger partial charge on any atom is -0.377 e. The Morgan fingerprint density at radius 2 is 2.22 bits per heavy atom. The average Bonchev–Trinajstić information content (AvgIpc) is 2.86. The van der Waals surface area contributed by atoms with Gasteiger partial charge in [0, 0.05) is 32.0 Å². The van der Waals surface area contributed by atoms with Gasteiger partial charge in [0.05, 0.1) is 12.0 Å². The van der Waals surface area contributed by atoms with Crippen molar-refractivity contribution in [2.24, 2.45) is 18.9 Å². The van der Waals surface area contributed by atoms with Crippen molar-refractivity contribution in [2.75, 3.05) is 6.61 Å². The van der Waals surface area contributed by atoms with Gasteiger partial charge >= 0.3 is 6.18 Å². The number of hydrogen-bond acceptors (Lipinski definition) is 3.